The highest BCUT2D eigenvalue weighted by atomic mass is 32.1. The molecule has 2 aromatic heterocycles. The molecule has 2 atom stereocenters. The first-order chi connectivity index (χ1) is 17.9. The molecule has 2 aliphatic heterocycles. The second kappa shape index (κ2) is 10.7. The summed E-state index contributed by atoms with van der Waals surface area (Å²) >= 11 is 5.72. The van der Waals surface area contributed by atoms with Crippen LogP contribution in [-0.4, -0.2) is 81.4 Å². The summed E-state index contributed by atoms with van der Waals surface area (Å²) in [5.41, 5.74) is 0.916. The summed E-state index contributed by atoms with van der Waals surface area (Å²) in [6.07, 6.45) is 1.73. The lowest BCUT2D eigenvalue weighted by Gasteiger charge is -2.31. The molecule has 3 aromatic rings. The molecular weight excluding hydrogens is 496 g/mol. The van der Waals surface area contributed by atoms with Gasteiger partial charge in [-0.3, -0.25) is 9.88 Å². The van der Waals surface area contributed by atoms with Gasteiger partial charge in [-0.2, -0.15) is 0 Å². The number of hydrogen-bond acceptors (Lipinski definition) is 7. The summed E-state index contributed by atoms with van der Waals surface area (Å²) in [5.74, 6) is -1.46. The third-order valence-electron chi connectivity index (χ3n) is 6.59. The summed E-state index contributed by atoms with van der Waals surface area (Å²) in [4.78, 5) is 32.1. The van der Waals surface area contributed by atoms with Crippen LogP contribution in [0.3, 0.4) is 0 Å². The van der Waals surface area contributed by atoms with Gasteiger partial charge in [0.05, 0.1) is 36.1 Å². The van der Waals surface area contributed by atoms with Crippen molar-refractivity contribution < 1.29 is 29.0 Å². The minimum absolute atomic E-state index is 0.130. The van der Waals surface area contributed by atoms with Crippen LogP contribution in [-0.2, 0) is 4.74 Å². The van der Waals surface area contributed by atoms with Crippen molar-refractivity contribution in [1.29, 1.82) is 0 Å². The molecule has 2 aliphatic rings. The van der Waals surface area contributed by atoms with Crippen LogP contribution in [0.5, 0.6) is 0 Å². The molecule has 192 valence electrons. The quantitative estimate of drug-likeness (QED) is 0.378. The minimum atomic E-state index is -1.22. The Balaban J connectivity index is 1.48. The summed E-state index contributed by atoms with van der Waals surface area (Å²) in [7, 11) is 0. The molecule has 3 N–H and O–H groups in total. The number of benzene rings is 1. The summed E-state index contributed by atoms with van der Waals surface area (Å²) < 4.78 is 11.7. The number of furan rings is 1. The Bertz CT molecular complexity index is 1280. The molecule has 0 radical (unpaired) electrons. The van der Waals surface area contributed by atoms with E-state index in [4.69, 9.17) is 21.4 Å². The van der Waals surface area contributed by atoms with Gasteiger partial charge in [0.1, 0.15) is 17.6 Å². The maximum atomic E-state index is 11.6. The number of ether oxygens (including phenoxy) is 1. The number of thiocarbonyl (C=S) groups is 1. The van der Waals surface area contributed by atoms with Crippen LogP contribution < -0.4 is 5.32 Å². The average molecular weight is 523 g/mol. The molecule has 2 fully saturated rings. The van der Waals surface area contributed by atoms with E-state index in [0.717, 1.165) is 31.4 Å². The van der Waals surface area contributed by atoms with Crippen LogP contribution in [0.2, 0.25) is 0 Å². The van der Waals surface area contributed by atoms with Crippen LogP contribution >= 0.6 is 12.2 Å². The zero-order valence-corrected chi connectivity index (χ0v) is 20.7. The number of carbonyl (C=O) groups is 2. The van der Waals surface area contributed by atoms with Gasteiger partial charge >= 0.3 is 11.9 Å². The lowest BCUT2D eigenvalue weighted by atomic mass is 10.0. The van der Waals surface area contributed by atoms with E-state index >= 15 is 0 Å². The molecule has 11 heteroatoms. The van der Waals surface area contributed by atoms with Gasteiger partial charge in [0.15, 0.2) is 5.11 Å². The van der Waals surface area contributed by atoms with Gasteiger partial charge in [-0.25, -0.2) is 9.59 Å². The molecule has 0 bridgehead atoms. The number of carboxylic acid groups (broad SMARTS) is 2. The maximum Gasteiger partial charge on any atom is 0.335 e. The lowest BCUT2D eigenvalue weighted by Crippen LogP contribution is -2.42. The number of carboxylic acids is 2. The predicted molar refractivity (Wildman–Crippen MR) is 137 cm³/mol. The first kappa shape index (κ1) is 24.9. The van der Waals surface area contributed by atoms with Gasteiger partial charge in [0, 0.05) is 37.9 Å². The van der Waals surface area contributed by atoms with E-state index in [9.17, 15) is 19.8 Å². The molecule has 0 amide bonds. The topological polar surface area (TPSA) is 128 Å². The van der Waals surface area contributed by atoms with E-state index in [1.807, 2.05) is 24.3 Å². The standard InChI is InChI=1S/C26H26N4O6S/c31-24(32)17-13-16(14-18(15-17)25(33)34)20-4-5-21(36-20)23-22(19-3-1-2-6-27-19)28-26(37)30(23)8-7-29-9-11-35-12-10-29/h1-6,13-15,22-23H,7-12H2,(H,28,37)(H,31,32)(H,33,34). The molecule has 5 rings (SSSR count). The predicted octanol–water partition coefficient (Wildman–Crippen LogP) is 3.04. The first-order valence-corrected chi connectivity index (χ1v) is 12.3. The summed E-state index contributed by atoms with van der Waals surface area (Å²) in [6, 6.07) is 12.6. The SMILES string of the molecule is O=C(O)c1cc(C(=O)O)cc(-c2ccc(C3C(c4ccccn4)NC(=S)N3CCN3CCOCC3)o2)c1. The third kappa shape index (κ3) is 5.33. The monoisotopic (exact) mass is 522 g/mol. The Labute approximate surface area is 218 Å². The Morgan fingerprint density at radius 3 is 2.41 bits per heavy atom. The average Bonchev–Trinajstić information content (AvgIpc) is 3.53. The fourth-order valence-electron chi connectivity index (χ4n) is 4.71. The second-order valence-electron chi connectivity index (χ2n) is 8.89. The molecule has 37 heavy (non-hydrogen) atoms. The van der Waals surface area contributed by atoms with E-state index in [1.165, 1.54) is 12.1 Å². The molecule has 2 unspecified atom stereocenters. The van der Waals surface area contributed by atoms with Crippen molar-refractivity contribution in [3.05, 3.63) is 77.3 Å². The highest BCUT2D eigenvalue weighted by Gasteiger charge is 2.41. The van der Waals surface area contributed by atoms with Crippen molar-refractivity contribution in [1.82, 2.24) is 20.1 Å². The van der Waals surface area contributed by atoms with Gasteiger partial charge in [-0.05, 0) is 54.7 Å². The van der Waals surface area contributed by atoms with Gasteiger partial charge < -0.3 is 29.6 Å². The molecule has 1 aromatic carbocycles. The number of rotatable bonds is 8. The number of nitrogens with zero attached hydrogens (tertiary/aromatic N) is 3. The number of morpholine rings is 1. The number of aromatic carboxylic acids is 2. The van der Waals surface area contributed by atoms with Crippen LogP contribution in [0.15, 0.2) is 59.1 Å². The molecule has 2 saturated heterocycles. The van der Waals surface area contributed by atoms with Crippen molar-refractivity contribution in [2.75, 3.05) is 39.4 Å². The van der Waals surface area contributed by atoms with Gasteiger partial charge in [0.25, 0.3) is 0 Å². The largest absolute Gasteiger partial charge is 0.478 e. The molecular formula is C26H26N4O6S. The molecule has 10 nitrogen and oxygen atoms in total. The van der Waals surface area contributed by atoms with Crippen molar-refractivity contribution in [3.63, 3.8) is 0 Å². The second-order valence-corrected chi connectivity index (χ2v) is 9.27. The lowest BCUT2D eigenvalue weighted by molar-refractivity contribution is 0.0347. The smallest absolute Gasteiger partial charge is 0.335 e. The van der Waals surface area contributed by atoms with Crippen molar-refractivity contribution in [3.8, 4) is 11.3 Å². The van der Waals surface area contributed by atoms with Crippen molar-refractivity contribution in [2.45, 2.75) is 12.1 Å². The Morgan fingerprint density at radius 2 is 1.76 bits per heavy atom. The summed E-state index contributed by atoms with van der Waals surface area (Å²) in [6.45, 7) is 4.59. The zero-order chi connectivity index (χ0) is 25.9. The Hall–Kier alpha value is -3.80. The molecule has 4 heterocycles. The number of hydrogen-bond donors (Lipinski definition) is 3. The number of pyridine rings is 1. The molecule has 0 spiro atoms. The Morgan fingerprint density at radius 1 is 1.03 bits per heavy atom. The van der Waals surface area contributed by atoms with E-state index < -0.39 is 11.9 Å². The normalized spacial score (nSPS) is 20.1. The van der Waals surface area contributed by atoms with E-state index in [1.54, 1.807) is 12.3 Å². The minimum Gasteiger partial charge on any atom is -0.478 e. The Kier molecular flexibility index (Phi) is 7.17. The first-order valence-electron chi connectivity index (χ1n) is 11.9. The van der Waals surface area contributed by atoms with Crippen LogP contribution in [0.4, 0.5) is 0 Å². The zero-order valence-electron chi connectivity index (χ0n) is 19.9. The number of nitrogens with one attached hydrogen (secondary N) is 1. The van der Waals surface area contributed by atoms with Crippen LogP contribution in [0.25, 0.3) is 11.3 Å². The van der Waals surface area contributed by atoms with E-state index in [-0.39, 0.29) is 23.2 Å². The molecule has 0 aliphatic carbocycles. The maximum absolute atomic E-state index is 11.6. The van der Waals surface area contributed by atoms with Crippen LogP contribution in [0, 0.1) is 0 Å². The van der Waals surface area contributed by atoms with Gasteiger partial charge in [-0.15, -0.1) is 0 Å². The molecule has 0 saturated carbocycles. The summed E-state index contributed by atoms with van der Waals surface area (Å²) in [5, 5.41) is 22.9. The fourth-order valence-corrected chi connectivity index (χ4v) is 5.04. The van der Waals surface area contributed by atoms with Crippen LogP contribution in [0.1, 0.15) is 44.3 Å². The highest BCUT2D eigenvalue weighted by molar-refractivity contribution is 7.80. The van der Waals surface area contributed by atoms with Crippen molar-refractivity contribution in [2.24, 2.45) is 0 Å². The number of aromatic nitrogens is 1. The third-order valence-corrected chi connectivity index (χ3v) is 6.94. The van der Waals surface area contributed by atoms with Crippen molar-refractivity contribution >= 4 is 29.3 Å². The fraction of sp³-hybridized carbons (Fsp3) is 0.308. The van der Waals surface area contributed by atoms with E-state index in [0.29, 0.717) is 42.0 Å². The van der Waals surface area contributed by atoms with Gasteiger partial charge in [-0.1, -0.05) is 6.07 Å². The highest BCUT2D eigenvalue weighted by Crippen LogP contribution is 2.40. The van der Waals surface area contributed by atoms with E-state index in [2.05, 4.69) is 20.1 Å². The van der Waals surface area contributed by atoms with Gasteiger partial charge in [0.2, 0.25) is 0 Å².